The van der Waals surface area contributed by atoms with E-state index >= 15 is 0 Å². The predicted octanol–water partition coefficient (Wildman–Crippen LogP) is 18.7. The number of ether oxygens (including phenoxy) is 2. The molecule has 0 aliphatic heterocycles. The summed E-state index contributed by atoms with van der Waals surface area (Å²) in [4.78, 5) is 24.5. The molecule has 388 valence electrons. The van der Waals surface area contributed by atoms with Crippen LogP contribution in [0, 0.1) is 0 Å². The van der Waals surface area contributed by atoms with E-state index in [2.05, 4.69) is 196 Å². The maximum atomic E-state index is 12.3. The molecule has 0 aliphatic rings. The van der Waals surface area contributed by atoms with Crippen molar-refractivity contribution in [1.82, 2.24) is 0 Å². The largest absolute Gasteiger partial charge is 0.462 e. The van der Waals surface area contributed by atoms with Crippen molar-refractivity contribution >= 4 is 11.9 Å². The van der Waals surface area contributed by atoms with Crippen LogP contribution < -0.4 is 0 Å². The van der Waals surface area contributed by atoms with Gasteiger partial charge in [0.25, 0.3) is 0 Å². The zero-order valence-electron chi connectivity index (χ0n) is 44.2. The molecule has 0 aliphatic carbocycles. The number of hydrogen-bond acceptors (Lipinski definition) is 5. The SMILES string of the molecule is CC/C=C\C/C=C\C/C=C\C/C=C\C/C=C\C/C=C\C/C=C\C/C=C\C/C=C\CCCCCC(=O)OC(CO)COC(=O)CCCCCCCC/C=C\C/C=C\C/C=C\C/C=C\C/C=C\C/C=C\CC. The van der Waals surface area contributed by atoms with E-state index < -0.39 is 6.10 Å². The minimum Gasteiger partial charge on any atom is -0.462 e. The van der Waals surface area contributed by atoms with Gasteiger partial charge in [-0.3, -0.25) is 9.59 Å². The summed E-state index contributed by atoms with van der Waals surface area (Å²) in [5.74, 6) is -0.664. The van der Waals surface area contributed by atoms with Crippen LogP contribution in [0.5, 0.6) is 0 Å². The third kappa shape index (κ3) is 55.6. The Kier molecular flexibility index (Phi) is 54.1. The fourth-order valence-corrected chi connectivity index (χ4v) is 6.67. The van der Waals surface area contributed by atoms with Gasteiger partial charge in [-0.05, 0) is 135 Å². The molecule has 0 saturated heterocycles. The van der Waals surface area contributed by atoms with Gasteiger partial charge in [-0.15, -0.1) is 0 Å². The molecule has 0 aromatic heterocycles. The van der Waals surface area contributed by atoms with Crippen LogP contribution in [0.25, 0.3) is 0 Å². The number of allylic oxidation sites excluding steroid dienone is 30. The number of unbranched alkanes of at least 4 members (excludes halogenated alkanes) is 9. The Bertz CT molecular complexity index is 1650. The van der Waals surface area contributed by atoms with Crippen LogP contribution in [0.2, 0.25) is 0 Å². The van der Waals surface area contributed by atoms with Gasteiger partial charge in [0.15, 0.2) is 6.10 Å². The number of esters is 2. The second kappa shape index (κ2) is 58.3. The van der Waals surface area contributed by atoms with Crippen LogP contribution in [0.15, 0.2) is 182 Å². The zero-order chi connectivity index (χ0) is 50.6. The summed E-state index contributed by atoms with van der Waals surface area (Å²) >= 11 is 0. The molecule has 0 saturated carbocycles. The van der Waals surface area contributed by atoms with Crippen LogP contribution in [0.4, 0.5) is 0 Å². The first-order valence-electron chi connectivity index (χ1n) is 27.3. The third-order valence-corrected chi connectivity index (χ3v) is 10.7. The third-order valence-electron chi connectivity index (χ3n) is 10.7. The molecule has 1 unspecified atom stereocenters. The first kappa shape index (κ1) is 65.0. The smallest absolute Gasteiger partial charge is 0.306 e. The molecule has 70 heavy (non-hydrogen) atoms. The fourth-order valence-electron chi connectivity index (χ4n) is 6.67. The lowest BCUT2D eigenvalue weighted by molar-refractivity contribution is -0.161. The van der Waals surface area contributed by atoms with Crippen molar-refractivity contribution in [2.45, 2.75) is 200 Å². The summed E-state index contributed by atoms with van der Waals surface area (Å²) in [6.45, 7) is 3.85. The zero-order valence-corrected chi connectivity index (χ0v) is 44.2. The lowest BCUT2D eigenvalue weighted by Crippen LogP contribution is -2.28. The lowest BCUT2D eigenvalue weighted by Gasteiger charge is -2.15. The number of carbonyl (C=O) groups is 2. The number of hydrogen-bond donors (Lipinski definition) is 1. The molecule has 0 rings (SSSR count). The summed E-state index contributed by atoms with van der Waals surface area (Å²) in [5.41, 5.74) is 0. The number of aliphatic hydroxyl groups excluding tert-OH is 1. The Hall–Kier alpha value is -5.00. The Morgan fingerprint density at radius 3 is 0.871 bits per heavy atom. The van der Waals surface area contributed by atoms with Gasteiger partial charge in [-0.2, -0.15) is 0 Å². The average Bonchev–Trinajstić information content (AvgIpc) is 3.36. The summed E-state index contributed by atoms with van der Waals surface area (Å²) in [6.07, 6.45) is 92.7. The van der Waals surface area contributed by atoms with Crippen LogP contribution in [-0.4, -0.2) is 36.4 Å². The van der Waals surface area contributed by atoms with Gasteiger partial charge in [0.05, 0.1) is 6.61 Å². The summed E-state index contributed by atoms with van der Waals surface area (Å²) in [6, 6.07) is 0. The van der Waals surface area contributed by atoms with Crippen LogP contribution in [0.1, 0.15) is 194 Å². The molecule has 0 amide bonds. The van der Waals surface area contributed by atoms with Crippen molar-refractivity contribution in [2.24, 2.45) is 0 Å². The van der Waals surface area contributed by atoms with E-state index in [0.29, 0.717) is 12.8 Å². The van der Waals surface area contributed by atoms with E-state index in [9.17, 15) is 14.7 Å². The molecule has 0 spiro atoms. The standard InChI is InChI=1S/C65H98O5/c1-3-5-7-9-11-13-15-17-19-21-23-25-27-29-30-31-32-33-34-36-38-40-42-44-46-48-50-52-54-56-58-60-65(68)70-63(61-66)62-69-64(67)59-57-55-53-51-49-47-45-43-41-39-37-35-28-26-24-22-20-18-16-14-12-10-8-6-4-2/h5-8,11-14,17-20,23-26,29-30,32-33,35-38,41-44,48,50,63,66H,3-4,9-10,15-16,21-22,27-28,31,34,39-40,45-47,49,51-62H2,1-2H3/b7-5-,8-6-,13-11-,14-12-,19-17-,20-18-,25-23-,26-24-,30-29-,33-32-,37-35-,38-36-,43-41-,44-42-,50-48-. The maximum absolute atomic E-state index is 12.3. The summed E-state index contributed by atoms with van der Waals surface area (Å²) in [5, 5.41) is 9.64. The molecule has 0 aromatic carbocycles. The van der Waals surface area contributed by atoms with Gasteiger partial charge in [0.1, 0.15) is 6.61 Å². The van der Waals surface area contributed by atoms with Crippen LogP contribution in [0.3, 0.4) is 0 Å². The quantitative estimate of drug-likeness (QED) is 0.0374. The minimum absolute atomic E-state index is 0.102. The van der Waals surface area contributed by atoms with E-state index in [0.717, 1.165) is 148 Å². The van der Waals surface area contributed by atoms with E-state index in [4.69, 9.17) is 9.47 Å². The molecule has 5 nitrogen and oxygen atoms in total. The Labute approximate surface area is 429 Å². The van der Waals surface area contributed by atoms with Crippen LogP contribution in [-0.2, 0) is 19.1 Å². The first-order chi connectivity index (χ1) is 34.6. The molecule has 5 heteroatoms. The molecule has 0 heterocycles. The van der Waals surface area contributed by atoms with Crippen molar-refractivity contribution in [2.75, 3.05) is 13.2 Å². The van der Waals surface area contributed by atoms with E-state index in [1.807, 2.05) is 0 Å². The van der Waals surface area contributed by atoms with Gasteiger partial charge in [0.2, 0.25) is 0 Å². The topological polar surface area (TPSA) is 72.8 Å². The van der Waals surface area contributed by atoms with Gasteiger partial charge < -0.3 is 14.6 Å². The Morgan fingerprint density at radius 1 is 0.329 bits per heavy atom. The predicted molar refractivity (Wildman–Crippen MR) is 306 cm³/mol. The maximum Gasteiger partial charge on any atom is 0.306 e. The van der Waals surface area contributed by atoms with Crippen molar-refractivity contribution in [3.05, 3.63) is 182 Å². The van der Waals surface area contributed by atoms with Crippen molar-refractivity contribution in [3.63, 3.8) is 0 Å². The first-order valence-corrected chi connectivity index (χ1v) is 27.3. The van der Waals surface area contributed by atoms with Crippen LogP contribution >= 0.6 is 0 Å². The lowest BCUT2D eigenvalue weighted by atomic mass is 10.1. The van der Waals surface area contributed by atoms with E-state index in [1.165, 1.54) is 19.3 Å². The molecule has 0 radical (unpaired) electrons. The van der Waals surface area contributed by atoms with Crippen molar-refractivity contribution in [3.8, 4) is 0 Å². The van der Waals surface area contributed by atoms with E-state index in [-0.39, 0.29) is 25.2 Å². The molecular formula is C65H98O5. The highest BCUT2D eigenvalue weighted by molar-refractivity contribution is 5.70. The number of carbonyl (C=O) groups excluding carboxylic acids is 2. The monoisotopic (exact) mass is 959 g/mol. The molecular weight excluding hydrogens is 861 g/mol. The second-order valence-electron chi connectivity index (χ2n) is 17.2. The highest BCUT2D eigenvalue weighted by Crippen LogP contribution is 2.11. The molecule has 0 fully saturated rings. The minimum atomic E-state index is -0.813. The molecule has 0 aromatic rings. The average molecular weight is 959 g/mol. The summed E-state index contributed by atoms with van der Waals surface area (Å²) < 4.78 is 10.7. The van der Waals surface area contributed by atoms with Gasteiger partial charge in [0, 0.05) is 12.8 Å². The van der Waals surface area contributed by atoms with E-state index in [1.54, 1.807) is 0 Å². The fraction of sp³-hybridized carbons (Fsp3) is 0.508. The molecule has 1 N–H and O–H groups in total. The molecule has 1 atom stereocenters. The Morgan fingerprint density at radius 2 is 0.571 bits per heavy atom. The van der Waals surface area contributed by atoms with Gasteiger partial charge in [-0.25, -0.2) is 0 Å². The van der Waals surface area contributed by atoms with Gasteiger partial charge >= 0.3 is 11.9 Å². The van der Waals surface area contributed by atoms with Crippen molar-refractivity contribution in [1.29, 1.82) is 0 Å². The second-order valence-corrected chi connectivity index (χ2v) is 17.2. The van der Waals surface area contributed by atoms with Crippen molar-refractivity contribution < 1.29 is 24.2 Å². The number of rotatable bonds is 47. The number of aliphatic hydroxyl groups is 1. The highest BCUT2D eigenvalue weighted by Gasteiger charge is 2.16. The normalized spacial score (nSPS) is 13.7. The summed E-state index contributed by atoms with van der Waals surface area (Å²) in [7, 11) is 0. The highest BCUT2D eigenvalue weighted by atomic mass is 16.6. The molecule has 0 bridgehead atoms. The van der Waals surface area contributed by atoms with Gasteiger partial charge in [-0.1, -0.05) is 228 Å². The Balaban J connectivity index is 3.71.